The first-order valence-corrected chi connectivity index (χ1v) is 9.91. The number of rotatable bonds is 7. The van der Waals surface area contributed by atoms with Crippen LogP contribution in [0.4, 0.5) is 5.69 Å². The normalized spacial score (nSPS) is 14.7. The Morgan fingerprint density at radius 3 is 2.45 bits per heavy atom. The van der Waals surface area contributed by atoms with Crippen molar-refractivity contribution in [2.75, 3.05) is 38.6 Å². The predicted octanol–water partition coefficient (Wildman–Crippen LogP) is 1.39. The Morgan fingerprint density at radius 1 is 1.10 bits per heavy atom. The van der Waals surface area contributed by atoms with Gasteiger partial charge in [-0.15, -0.1) is 11.3 Å². The number of ether oxygens (including phenoxy) is 1. The van der Waals surface area contributed by atoms with E-state index < -0.39 is 11.9 Å². The molecule has 1 fully saturated rings. The second-order valence-corrected chi connectivity index (χ2v) is 7.44. The molecule has 8 nitrogen and oxygen atoms in total. The Balaban J connectivity index is 1.53. The summed E-state index contributed by atoms with van der Waals surface area (Å²) in [7, 11) is 1.27. The van der Waals surface area contributed by atoms with Gasteiger partial charge in [0, 0.05) is 6.54 Å². The van der Waals surface area contributed by atoms with E-state index in [0.29, 0.717) is 23.5 Å². The second-order valence-electron chi connectivity index (χ2n) is 6.52. The molecule has 0 aliphatic carbocycles. The Labute approximate surface area is 172 Å². The monoisotopic (exact) mass is 415 g/mol. The number of benzene rings is 1. The van der Waals surface area contributed by atoms with E-state index in [9.17, 15) is 19.2 Å². The molecule has 3 rings (SSSR count). The largest absolute Gasteiger partial charge is 0.465 e. The molecule has 2 aromatic rings. The summed E-state index contributed by atoms with van der Waals surface area (Å²) >= 11 is 1.16. The number of nitrogens with one attached hydrogen (secondary N) is 1. The summed E-state index contributed by atoms with van der Waals surface area (Å²) in [5, 5.41) is 4.30. The molecule has 0 unspecified atom stereocenters. The maximum Gasteiger partial charge on any atom is 0.350 e. The quantitative estimate of drug-likeness (QED) is 0.542. The molecular formula is C20H21N3O5S. The molecular weight excluding hydrogens is 394 g/mol. The molecule has 1 aliphatic rings. The highest BCUT2D eigenvalue weighted by Crippen LogP contribution is 2.23. The van der Waals surface area contributed by atoms with Gasteiger partial charge in [0.05, 0.1) is 32.4 Å². The molecule has 29 heavy (non-hydrogen) atoms. The Bertz CT molecular complexity index is 894. The number of nitrogens with zero attached hydrogens (tertiary/aromatic N) is 2. The maximum absolute atomic E-state index is 12.4. The van der Waals surface area contributed by atoms with Crippen LogP contribution in [0.5, 0.6) is 0 Å². The van der Waals surface area contributed by atoms with Gasteiger partial charge in [0.2, 0.25) is 17.7 Å². The van der Waals surface area contributed by atoms with Gasteiger partial charge in [0.1, 0.15) is 4.88 Å². The van der Waals surface area contributed by atoms with Gasteiger partial charge in [-0.25, -0.2) is 4.79 Å². The molecule has 1 N–H and O–H groups in total. The van der Waals surface area contributed by atoms with Crippen LogP contribution in [0.25, 0.3) is 0 Å². The minimum atomic E-state index is -0.535. The molecule has 1 aliphatic heterocycles. The first kappa shape index (κ1) is 20.7. The van der Waals surface area contributed by atoms with Crippen LogP contribution in [-0.4, -0.2) is 66.8 Å². The zero-order valence-corrected chi connectivity index (χ0v) is 16.7. The van der Waals surface area contributed by atoms with Crippen molar-refractivity contribution >= 4 is 40.7 Å². The number of esters is 1. The number of carbonyl (C=O) groups is 4. The van der Waals surface area contributed by atoms with Gasteiger partial charge in [-0.05, 0) is 23.4 Å². The summed E-state index contributed by atoms with van der Waals surface area (Å²) < 4.78 is 4.68. The van der Waals surface area contributed by atoms with E-state index in [1.54, 1.807) is 11.4 Å². The lowest BCUT2D eigenvalue weighted by atomic mass is 10.1. The van der Waals surface area contributed by atoms with E-state index in [0.717, 1.165) is 16.9 Å². The van der Waals surface area contributed by atoms with E-state index in [1.807, 2.05) is 30.3 Å². The lowest BCUT2D eigenvalue weighted by Crippen LogP contribution is -2.55. The van der Waals surface area contributed by atoms with Gasteiger partial charge in [0.25, 0.3) is 0 Å². The molecule has 1 aromatic carbocycles. The number of amides is 3. The fraction of sp³-hybridized carbons (Fsp3) is 0.300. The van der Waals surface area contributed by atoms with Crippen LogP contribution in [0.2, 0.25) is 0 Å². The molecule has 1 saturated heterocycles. The van der Waals surface area contributed by atoms with Gasteiger partial charge in [-0.3, -0.25) is 24.2 Å². The number of carbonyl (C=O) groups excluding carboxylic acids is 4. The summed E-state index contributed by atoms with van der Waals surface area (Å²) in [6, 6.07) is 11.2. The number of methoxy groups -OCH3 is 1. The predicted molar refractivity (Wildman–Crippen MR) is 108 cm³/mol. The third-order valence-electron chi connectivity index (χ3n) is 4.46. The van der Waals surface area contributed by atoms with Crippen molar-refractivity contribution in [3.05, 3.63) is 52.2 Å². The average molecular weight is 415 g/mol. The van der Waals surface area contributed by atoms with Crippen LogP contribution < -0.4 is 5.32 Å². The topological polar surface area (TPSA) is 96.0 Å². The molecule has 9 heteroatoms. The Kier molecular flexibility index (Phi) is 6.73. The van der Waals surface area contributed by atoms with Gasteiger partial charge in [0.15, 0.2) is 0 Å². The van der Waals surface area contributed by atoms with Gasteiger partial charge in [-0.1, -0.05) is 30.3 Å². The van der Waals surface area contributed by atoms with Crippen molar-refractivity contribution in [2.24, 2.45) is 0 Å². The van der Waals surface area contributed by atoms with Crippen molar-refractivity contribution in [3.8, 4) is 0 Å². The van der Waals surface area contributed by atoms with Crippen LogP contribution in [0.15, 0.2) is 41.8 Å². The minimum Gasteiger partial charge on any atom is -0.465 e. The number of hydrogen-bond acceptors (Lipinski definition) is 7. The molecule has 0 radical (unpaired) electrons. The molecule has 1 aromatic heterocycles. The smallest absolute Gasteiger partial charge is 0.350 e. The van der Waals surface area contributed by atoms with E-state index in [4.69, 9.17) is 0 Å². The van der Waals surface area contributed by atoms with Crippen LogP contribution >= 0.6 is 11.3 Å². The fourth-order valence-corrected chi connectivity index (χ4v) is 3.81. The van der Waals surface area contributed by atoms with Crippen LogP contribution in [0.1, 0.15) is 15.2 Å². The van der Waals surface area contributed by atoms with Gasteiger partial charge in [-0.2, -0.15) is 0 Å². The summed E-state index contributed by atoms with van der Waals surface area (Å²) in [6.07, 6.45) is 0.591. The van der Waals surface area contributed by atoms with Gasteiger partial charge < -0.3 is 10.1 Å². The highest BCUT2D eigenvalue weighted by Gasteiger charge is 2.31. The molecule has 0 saturated carbocycles. The van der Waals surface area contributed by atoms with Crippen molar-refractivity contribution in [3.63, 3.8) is 0 Å². The average Bonchev–Trinajstić information content (AvgIpc) is 3.15. The molecule has 0 bridgehead atoms. The van der Waals surface area contributed by atoms with Crippen molar-refractivity contribution in [2.45, 2.75) is 6.42 Å². The van der Waals surface area contributed by atoms with Crippen molar-refractivity contribution < 1.29 is 23.9 Å². The number of imide groups is 1. The molecule has 2 heterocycles. The zero-order chi connectivity index (χ0) is 20.8. The van der Waals surface area contributed by atoms with Crippen molar-refractivity contribution in [1.82, 2.24) is 9.80 Å². The van der Waals surface area contributed by atoms with Crippen molar-refractivity contribution in [1.29, 1.82) is 0 Å². The summed E-state index contributed by atoms with van der Waals surface area (Å²) in [4.78, 5) is 51.8. The Hall–Kier alpha value is -3.04. The van der Waals surface area contributed by atoms with Crippen LogP contribution in [0, 0.1) is 0 Å². The summed E-state index contributed by atoms with van der Waals surface area (Å²) in [5.74, 6) is -1.59. The molecule has 0 spiro atoms. The number of thiophene rings is 1. The molecule has 152 valence electrons. The fourth-order valence-electron chi connectivity index (χ4n) is 3.05. The van der Waals surface area contributed by atoms with E-state index in [2.05, 4.69) is 10.1 Å². The first-order valence-electron chi connectivity index (χ1n) is 9.03. The van der Waals surface area contributed by atoms with Crippen LogP contribution in [-0.2, 0) is 25.5 Å². The highest BCUT2D eigenvalue weighted by molar-refractivity contribution is 7.12. The lowest BCUT2D eigenvalue weighted by Gasteiger charge is -2.32. The number of hydrogen-bond donors (Lipinski definition) is 1. The maximum atomic E-state index is 12.4. The Morgan fingerprint density at radius 2 is 1.79 bits per heavy atom. The summed E-state index contributed by atoms with van der Waals surface area (Å²) in [6.45, 7) is 0.169. The zero-order valence-electron chi connectivity index (χ0n) is 15.9. The van der Waals surface area contributed by atoms with Gasteiger partial charge >= 0.3 is 5.97 Å². The molecule has 3 amide bonds. The number of piperazine rings is 1. The van der Waals surface area contributed by atoms with E-state index >= 15 is 0 Å². The highest BCUT2D eigenvalue weighted by atomic mass is 32.1. The lowest BCUT2D eigenvalue weighted by molar-refractivity contribution is -0.151. The first-order chi connectivity index (χ1) is 14.0. The second kappa shape index (κ2) is 9.44. The standard InChI is InChI=1S/C20H21N3O5S/c1-28-20(27)19-15(8-10-29-19)21-16(24)11-22-12-17(25)23(18(26)13-22)9-7-14-5-3-2-4-6-14/h2-6,8,10H,7,9,11-13H2,1H3,(H,21,24). The number of anilines is 1. The summed E-state index contributed by atoms with van der Waals surface area (Å²) in [5.41, 5.74) is 1.40. The minimum absolute atomic E-state index is 0.0125. The van der Waals surface area contributed by atoms with E-state index in [1.165, 1.54) is 16.9 Å². The SMILES string of the molecule is COC(=O)c1sccc1NC(=O)CN1CC(=O)N(CCc2ccccc2)C(=O)C1. The third-order valence-corrected chi connectivity index (χ3v) is 5.36. The molecule has 0 atom stereocenters. The van der Waals surface area contributed by atoms with Crippen LogP contribution in [0.3, 0.4) is 0 Å². The third kappa shape index (κ3) is 5.27. The van der Waals surface area contributed by atoms with E-state index in [-0.39, 0.29) is 31.4 Å².